The highest BCUT2D eigenvalue weighted by molar-refractivity contribution is 14.1. The topological polar surface area (TPSA) is 86.1 Å². The predicted molar refractivity (Wildman–Crippen MR) is 64.4 cm³/mol. The average molecular weight is 332 g/mol. The lowest BCUT2D eigenvalue weighted by atomic mass is 10.2. The molecule has 6 nitrogen and oxygen atoms in total. The molecule has 84 valence electrons. The van der Waals surface area contributed by atoms with Crippen molar-refractivity contribution in [2.45, 2.75) is 6.54 Å². The largest absolute Gasteiger partial charge is 0.467 e. The van der Waals surface area contributed by atoms with Crippen molar-refractivity contribution in [2.24, 2.45) is 5.84 Å². The molecule has 3 N–H and O–H groups in total. The Balaban J connectivity index is 2.22. The van der Waals surface area contributed by atoms with E-state index in [4.69, 9.17) is 10.3 Å². The van der Waals surface area contributed by atoms with E-state index in [9.17, 15) is 4.79 Å². The summed E-state index contributed by atoms with van der Waals surface area (Å²) in [5, 5.41) is 4.10. The minimum Gasteiger partial charge on any atom is -0.467 e. The Morgan fingerprint density at radius 2 is 2.50 bits per heavy atom. The lowest BCUT2D eigenvalue weighted by molar-refractivity contribution is 0.0951. The summed E-state index contributed by atoms with van der Waals surface area (Å²) in [7, 11) is 0. The van der Waals surface area contributed by atoms with Gasteiger partial charge in [0.25, 0.3) is 5.91 Å². The number of nitrogens with zero attached hydrogens (tertiary/aromatic N) is 2. The number of nitrogen functional groups attached to an aromatic ring is 1. The van der Waals surface area contributed by atoms with Crippen molar-refractivity contribution in [1.29, 1.82) is 0 Å². The van der Waals surface area contributed by atoms with Crippen LogP contribution < -0.4 is 11.3 Å². The lowest BCUT2D eigenvalue weighted by Gasteiger charge is -2.01. The Morgan fingerprint density at radius 1 is 1.69 bits per heavy atom. The molecule has 0 bridgehead atoms. The number of aromatic nitrogens is 2. The van der Waals surface area contributed by atoms with Gasteiger partial charge in [0.15, 0.2) is 0 Å². The van der Waals surface area contributed by atoms with Crippen molar-refractivity contribution in [2.75, 3.05) is 0 Å². The van der Waals surface area contributed by atoms with Crippen LogP contribution in [0.2, 0.25) is 0 Å². The van der Waals surface area contributed by atoms with Crippen LogP contribution in [-0.2, 0) is 6.54 Å². The van der Waals surface area contributed by atoms with Gasteiger partial charge in [-0.1, -0.05) is 0 Å². The maximum Gasteiger partial charge on any atom is 0.268 e. The molecule has 0 atom stereocenters. The Hall–Kier alpha value is -1.35. The molecule has 2 rings (SSSR count). The third-order valence-corrected chi connectivity index (χ3v) is 2.59. The van der Waals surface area contributed by atoms with Crippen molar-refractivity contribution >= 4 is 28.5 Å². The number of hydrazine groups is 1. The van der Waals surface area contributed by atoms with E-state index in [-0.39, 0.29) is 5.91 Å². The van der Waals surface area contributed by atoms with Crippen LogP contribution in [-0.4, -0.2) is 15.7 Å². The maximum absolute atomic E-state index is 11.4. The number of carbonyl (C=O) groups excluding carboxylic acids is 1. The zero-order chi connectivity index (χ0) is 11.5. The molecule has 2 aromatic rings. The third-order valence-electron chi connectivity index (χ3n) is 2.03. The lowest BCUT2D eigenvalue weighted by Crippen LogP contribution is -2.30. The molecule has 0 saturated carbocycles. The van der Waals surface area contributed by atoms with Gasteiger partial charge in [-0.25, -0.2) is 5.84 Å². The van der Waals surface area contributed by atoms with Gasteiger partial charge in [0.05, 0.1) is 28.1 Å². The van der Waals surface area contributed by atoms with Crippen LogP contribution in [0.5, 0.6) is 0 Å². The van der Waals surface area contributed by atoms with Gasteiger partial charge < -0.3 is 4.42 Å². The molecule has 0 aliphatic carbocycles. The van der Waals surface area contributed by atoms with Crippen LogP contribution in [0.3, 0.4) is 0 Å². The average Bonchev–Trinajstić information content (AvgIpc) is 2.87. The van der Waals surface area contributed by atoms with Gasteiger partial charge in [-0.3, -0.25) is 14.9 Å². The molecule has 0 fully saturated rings. The summed E-state index contributed by atoms with van der Waals surface area (Å²) in [6.45, 7) is 0.402. The molecule has 0 aromatic carbocycles. The highest BCUT2D eigenvalue weighted by Gasteiger charge is 2.14. The summed E-state index contributed by atoms with van der Waals surface area (Å²) in [5.41, 5.74) is 2.49. The number of furan rings is 1. The van der Waals surface area contributed by atoms with E-state index in [1.807, 2.05) is 6.20 Å². The first kappa shape index (κ1) is 11.1. The first-order chi connectivity index (χ1) is 7.70. The summed E-state index contributed by atoms with van der Waals surface area (Å²) in [6, 6.07) is 1.58. The van der Waals surface area contributed by atoms with Crippen LogP contribution in [0.1, 0.15) is 16.1 Å². The van der Waals surface area contributed by atoms with Crippen molar-refractivity contribution in [3.63, 3.8) is 0 Å². The monoisotopic (exact) mass is 332 g/mol. The zero-order valence-corrected chi connectivity index (χ0v) is 10.3. The summed E-state index contributed by atoms with van der Waals surface area (Å²) < 4.78 is 7.93. The van der Waals surface area contributed by atoms with Gasteiger partial charge in [-0.05, 0) is 28.7 Å². The molecule has 0 aliphatic heterocycles. The third kappa shape index (κ3) is 2.25. The fourth-order valence-electron chi connectivity index (χ4n) is 1.32. The molecule has 2 aromatic heterocycles. The number of carbonyl (C=O) groups is 1. The fourth-order valence-corrected chi connectivity index (χ4v) is 1.76. The summed E-state index contributed by atoms with van der Waals surface area (Å²) in [5.74, 6) is 5.23. The minimum absolute atomic E-state index is 0.370. The molecule has 7 heteroatoms. The van der Waals surface area contributed by atoms with Gasteiger partial charge in [0, 0.05) is 6.20 Å². The van der Waals surface area contributed by atoms with Crippen LogP contribution in [0.15, 0.2) is 29.1 Å². The second-order valence-electron chi connectivity index (χ2n) is 3.09. The summed E-state index contributed by atoms with van der Waals surface area (Å²) >= 11 is 2.16. The molecule has 0 spiro atoms. The first-order valence-electron chi connectivity index (χ1n) is 4.46. The molecule has 2 heterocycles. The number of rotatable bonds is 3. The smallest absolute Gasteiger partial charge is 0.268 e. The van der Waals surface area contributed by atoms with Gasteiger partial charge >= 0.3 is 0 Å². The standard InChI is InChI=1S/C9H9IN4O2/c10-6-3-12-14(4-6)5-8-7(1-2-16-8)9(15)13-11/h1-4H,5,11H2,(H,13,15). The highest BCUT2D eigenvalue weighted by Crippen LogP contribution is 2.12. The zero-order valence-electron chi connectivity index (χ0n) is 8.18. The maximum atomic E-state index is 11.4. The number of hydrogen-bond acceptors (Lipinski definition) is 4. The first-order valence-corrected chi connectivity index (χ1v) is 5.54. The second-order valence-corrected chi connectivity index (χ2v) is 4.33. The van der Waals surface area contributed by atoms with Crippen molar-refractivity contribution in [3.05, 3.63) is 39.6 Å². The number of nitrogens with two attached hydrogens (primary N) is 1. The minimum atomic E-state index is -0.370. The Labute approximate surface area is 105 Å². The number of hydrogen-bond donors (Lipinski definition) is 2. The molecular formula is C9H9IN4O2. The van der Waals surface area contributed by atoms with Gasteiger partial charge in [-0.2, -0.15) is 5.10 Å². The summed E-state index contributed by atoms with van der Waals surface area (Å²) in [6.07, 6.45) is 5.04. The van der Waals surface area contributed by atoms with Crippen molar-refractivity contribution in [3.8, 4) is 0 Å². The number of halogens is 1. The molecule has 0 radical (unpaired) electrons. The second kappa shape index (κ2) is 4.66. The van der Waals surface area contributed by atoms with Gasteiger partial charge in [0.1, 0.15) is 5.76 Å². The molecule has 0 aliphatic rings. The molecular weight excluding hydrogens is 323 g/mol. The Kier molecular flexibility index (Phi) is 3.25. The van der Waals surface area contributed by atoms with E-state index in [0.29, 0.717) is 17.9 Å². The van der Waals surface area contributed by atoms with Crippen LogP contribution >= 0.6 is 22.6 Å². The van der Waals surface area contributed by atoms with Gasteiger partial charge in [0.2, 0.25) is 0 Å². The molecule has 16 heavy (non-hydrogen) atoms. The van der Waals surface area contributed by atoms with Crippen LogP contribution in [0, 0.1) is 3.57 Å². The van der Waals surface area contributed by atoms with Crippen molar-refractivity contribution in [1.82, 2.24) is 15.2 Å². The summed E-state index contributed by atoms with van der Waals surface area (Å²) in [4.78, 5) is 11.4. The molecule has 0 saturated heterocycles. The van der Waals surface area contributed by atoms with E-state index in [1.54, 1.807) is 16.9 Å². The number of nitrogens with one attached hydrogen (secondary N) is 1. The van der Waals surface area contributed by atoms with Crippen LogP contribution in [0.4, 0.5) is 0 Å². The van der Waals surface area contributed by atoms with Gasteiger partial charge in [-0.15, -0.1) is 0 Å². The fraction of sp³-hybridized carbons (Fsp3) is 0.111. The number of amides is 1. The quantitative estimate of drug-likeness (QED) is 0.376. The molecule has 1 amide bonds. The van der Waals surface area contributed by atoms with E-state index < -0.39 is 0 Å². The molecule has 0 unspecified atom stereocenters. The predicted octanol–water partition coefficient (Wildman–Crippen LogP) is 0.732. The van der Waals surface area contributed by atoms with Crippen molar-refractivity contribution < 1.29 is 9.21 Å². The highest BCUT2D eigenvalue weighted by atomic mass is 127. The normalized spacial score (nSPS) is 10.4. The van der Waals surface area contributed by atoms with E-state index >= 15 is 0 Å². The van der Waals surface area contributed by atoms with E-state index in [1.165, 1.54) is 6.26 Å². The van der Waals surface area contributed by atoms with E-state index in [2.05, 4.69) is 33.1 Å². The Morgan fingerprint density at radius 3 is 3.12 bits per heavy atom. The van der Waals surface area contributed by atoms with E-state index in [0.717, 1.165) is 3.57 Å². The Bertz CT molecular complexity index is 505. The SMILES string of the molecule is NNC(=O)c1ccoc1Cn1cc(I)cn1. The van der Waals surface area contributed by atoms with Crippen LogP contribution in [0.25, 0.3) is 0 Å².